The molecule has 0 bridgehead atoms. The van der Waals surface area contributed by atoms with Crippen LogP contribution < -0.4 is 10.6 Å². The number of thioether (sulfide) groups is 1. The number of hydrogen-bond donors (Lipinski definition) is 2. The SMILES string of the molecule is CCOCCCNc1nc(NC2CC(C)CC(C)(C)C2)nc(SC)n1. The molecule has 2 rings (SSSR count). The minimum Gasteiger partial charge on any atom is -0.382 e. The molecule has 1 heterocycles. The minimum atomic E-state index is 0.366. The Kier molecular flexibility index (Phi) is 7.75. The first-order valence-electron chi connectivity index (χ1n) is 9.30. The third-order valence-electron chi connectivity index (χ3n) is 4.47. The second-order valence-electron chi connectivity index (χ2n) is 7.70. The fraction of sp³-hybridized carbons (Fsp3) is 0.833. The topological polar surface area (TPSA) is 72.0 Å². The van der Waals surface area contributed by atoms with E-state index in [0.29, 0.717) is 23.4 Å². The summed E-state index contributed by atoms with van der Waals surface area (Å²) in [5.41, 5.74) is 0.366. The van der Waals surface area contributed by atoms with Gasteiger partial charge in [0.25, 0.3) is 0 Å². The lowest BCUT2D eigenvalue weighted by atomic mass is 9.71. The Morgan fingerprint density at radius 2 is 1.96 bits per heavy atom. The molecule has 1 fully saturated rings. The lowest BCUT2D eigenvalue weighted by molar-refractivity contribution is 0.147. The molecule has 0 saturated heterocycles. The summed E-state index contributed by atoms with van der Waals surface area (Å²) in [5.74, 6) is 2.04. The Morgan fingerprint density at radius 3 is 2.64 bits per heavy atom. The maximum atomic E-state index is 5.36. The average molecular weight is 368 g/mol. The predicted octanol–water partition coefficient (Wildman–Crippen LogP) is 4.06. The van der Waals surface area contributed by atoms with Crippen molar-refractivity contribution in [3.05, 3.63) is 0 Å². The Bertz CT molecular complexity index is 540. The molecule has 25 heavy (non-hydrogen) atoms. The zero-order valence-corrected chi connectivity index (χ0v) is 17.1. The number of ether oxygens (including phenoxy) is 1. The van der Waals surface area contributed by atoms with Gasteiger partial charge < -0.3 is 15.4 Å². The molecule has 1 aliphatic carbocycles. The van der Waals surface area contributed by atoms with Crippen LogP contribution in [0.3, 0.4) is 0 Å². The summed E-state index contributed by atoms with van der Waals surface area (Å²) in [6, 6.07) is 0.418. The highest BCUT2D eigenvalue weighted by Gasteiger charge is 2.32. The summed E-state index contributed by atoms with van der Waals surface area (Å²) in [7, 11) is 0. The van der Waals surface area contributed by atoms with Crippen molar-refractivity contribution in [1.29, 1.82) is 0 Å². The molecule has 2 atom stereocenters. The van der Waals surface area contributed by atoms with E-state index in [9.17, 15) is 0 Å². The number of anilines is 2. The molecule has 1 aliphatic rings. The predicted molar refractivity (Wildman–Crippen MR) is 105 cm³/mol. The molecule has 1 aromatic heterocycles. The molecule has 2 N–H and O–H groups in total. The van der Waals surface area contributed by atoms with Crippen LogP contribution in [0.5, 0.6) is 0 Å². The molecule has 2 unspecified atom stereocenters. The van der Waals surface area contributed by atoms with E-state index in [2.05, 4.69) is 46.4 Å². The van der Waals surface area contributed by atoms with Crippen molar-refractivity contribution >= 4 is 23.7 Å². The molecule has 0 amide bonds. The van der Waals surface area contributed by atoms with Gasteiger partial charge in [-0.1, -0.05) is 32.5 Å². The Hall–Kier alpha value is -1.08. The maximum Gasteiger partial charge on any atom is 0.228 e. The Balaban J connectivity index is 1.98. The third-order valence-corrected chi connectivity index (χ3v) is 5.02. The first kappa shape index (κ1) is 20.2. The largest absolute Gasteiger partial charge is 0.382 e. The fourth-order valence-corrected chi connectivity index (χ4v) is 4.10. The number of nitrogens with one attached hydrogen (secondary N) is 2. The van der Waals surface area contributed by atoms with Crippen LogP contribution in [-0.4, -0.2) is 47.0 Å². The quantitative estimate of drug-likeness (QED) is 0.504. The summed E-state index contributed by atoms with van der Waals surface area (Å²) in [5, 5.41) is 7.58. The van der Waals surface area contributed by atoms with E-state index >= 15 is 0 Å². The van der Waals surface area contributed by atoms with Crippen molar-refractivity contribution in [1.82, 2.24) is 15.0 Å². The van der Waals surface area contributed by atoms with Crippen LogP contribution in [0.15, 0.2) is 5.16 Å². The minimum absolute atomic E-state index is 0.366. The molecule has 142 valence electrons. The van der Waals surface area contributed by atoms with Gasteiger partial charge in [-0.15, -0.1) is 0 Å². The van der Waals surface area contributed by atoms with Crippen molar-refractivity contribution in [3.8, 4) is 0 Å². The van der Waals surface area contributed by atoms with Gasteiger partial charge in [-0.25, -0.2) is 0 Å². The number of rotatable bonds is 9. The molecule has 1 aromatic rings. The zero-order chi connectivity index (χ0) is 18.3. The molecule has 0 radical (unpaired) electrons. The second-order valence-corrected chi connectivity index (χ2v) is 8.47. The molecular weight excluding hydrogens is 334 g/mol. The summed E-state index contributed by atoms with van der Waals surface area (Å²) in [6.07, 6.45) is 6.52. The lowest BCUT2D eigenvalue weighted by Crippen LogP contribution is -2.36. The number of aromatic nitrogens is 3. The monoisotopic (exact) mass is 367 g/mol. The highest BCUT2D eigenvalue weighted by molar-refractivity contribution is 7.98. The summed E-state index contributed by atoms with van der Waals surface area (Å²) < 4.78 is 5.36. The second kappa shape index (κ2) is 9.57. The van der Waals surface area contributed by atoms with Crippen LogP contribution in [-0.2, 0) is 4.74 Å². The summed E-state index contributed by atoms with van der Waals surface area (Å²) >= 11 is 1.54. The molecule has 0 aliphatic heterocycles. The van der Waals surface area contributed by atoms with Gasteiger partial charge in [0.2, 0.25) is 11.9 Å². The van der Waals surface area contributed by atoms with E-state index in [1.54, 1.807) is 0 Å². The van der Waals surface area contributed by atoms with Crippen molar-refractivity contribution in [2.45, 2.75) is 64.6 Å². The van der Waals surface area contributed by atoms with E-state index in [4.69, 9.17) is 4.74 Å². The van der Waals surface area contributed by atoms with Gasteiger partial charge in [0.15, 0.2) is 5.16 Å². The normalized spacial score (nSPS) is 22.6. The van der Waals surface area contributed by atoms with Crippen molar-refractivity contribution in [2.24, 2.45) is 11.3 Å². The first-order valence-corrected chi connectivity index (χ1v) is 10.5. The van der Waals surface area contributed by atoms with Crippen LogP contribution in [0, 0.1) is 11.3 Å². The van der Waals surface area contributed by atoms with Crippen molar-refractivity contribution in [2.75, 3.05) is 36.6 Å². The highest BCUT2D eigenvalue weighted by atomic mass is 32.2. The van der Waals surface area contributed by atoms with Gasteiger partial charge in [-0.2, -0.15) is 15.0 Å². The number of nitrogens with zero attached hydrogens (tertiary/aromatic N) is 3. The third kappa shape index (κ3) is 6.98. The van der Waals surface area contributed by atoms with Gasteiger partial charge >= 0.3 is 0 Å². The fourth-order valence-electron chi connectivity index (χ4n) is 3.75. The lowest BCUT2D eigenvalue weighted by Gasteiger charge is -2.39. The van der Waals surface area contributed by atoms with E-state index in [1.807, 2.05) is 13.2 Å². The molecule has 1 saturated carbocycles. The van der Waals surface area contributed by atoms with Crippen LogP contribution in [0.1, 0.15) is 53.4 Å². The van der Waals surface area contributed by atoms with Crippen LogP contribution in [0.2, 0.25) is 0 Å². The van der Waals surface area contributed by atoms with Gasteiger partial charge in [-0.05, 0) is 50.2 Å². The van der Waals surface area contributed by atoms with E-state index in [-0.39, 0.29) is 0 Å². The van der Waals surface area contributed by atoms with Crippen LogP contribution in [0.4, 0.5) is 11.9 Å². The molecule has 6 nitrogen and oxygen atoms in total. The standard InChI is InChI=1S/C18H33N5OS/c1-6-24-9-7-8-19-15-21-16(23-17(22-15)25-5)20-14-10-13(2)11-18(3,4)12-14/h13-14H,6-12H2,1-5H3,(H2,19,20,21,22,23). The van der Waals surface area contributed by atoms with Gasteiger partial charge in [0.1, 0.15) is 0 Å². The summed E-state index contributed by atoms with van der Waals surface area (Å²) in [4.78, 5) is 13.6. The average Bonchev–Trinajstić information content (AvgIpc) is 2.52. The van der Waals surface area contributed by atoms with Crippen LogP contribution >= 0.6 is 11.8 Å². The zero-order valence-electron chi connectivity index (χ0n) is 16.3. The van der Waals surface area contributed by atoms with Crippen molar-refractivity contribution in [3.63, 3.8) is 0 Å². The van der Waals surface area contributed by atoms with E-state index in [1.165, 1.54) is 24.6 Å². The van der Waals surface area contributed by atoms with E-state index in [0.717, 1.165) is 43.7 Å². The van der Waals surface area contributed by atoms with E-state index < -0.39 is 0 Å². The van der Waals surface area contributed by atoms with Crippen LogP contribution in [0.25, 0.3) is 0 Å². The maximum absolute atomic E-state index is 5.36. The Labute approximate surface area is 156 Å². The number of hydrogen-bond acceptors (Lipinski definition) is 7. The highest BCUT2D eigenvalue weighted by Crippen LogP contribution is 2.39. The smallest absolute Gasteiger partial charge is 0.228 e. The van der Waals surface area contributed by atoms with Crippen molar-refractivity contribution < 1.29 is 4.74 Å². The van der Waals surface area contributed by atoms with Gasteiger partial charge in [-0.3, -0.25) is 0 Å². The molecule has 0 spiro atoms. The Morgan fingerprint density at radius 1 is 1.20 bits per heavy atom. The molecular formula is C18H33N5OS. The first-order chi connectivity index (χ1) is 11.9. The molecule has 7 heteroatoms. The molecule has 0 aromatic carbocycles. The van der Waals surface area contributed by atoms with Gasteiger partial charge in [0.05, 0.1) is 0 Å². The van der Waals surface area contributed by atoms with Gasteiger partial charge in [0, 0.05) is 25.8 Å². The summed E-state index contributed by atoms with van der Waals surface area (Å²) in [6.45, 7) is 11.4.